The molecule has 0 heterocycles. The van der Waals surface area contributed by atoms with Crippen LogP contribution in [0.2, 0.25) is 14.8 Å². The standard InChI is InChI=1S/C23H29O2.3CH3.Sn/c1-15(2)19-12-20(16(3)4)22(21(13-19)17(5)6)23(24)25-14-18-10-8-7-9-11-18;;;;/h7-17H,1-6H3;3*1H3;. The molecule has 2 aromatic rings. The van der Waals surface area contributed by atoms with E-state index in [-0.39, 0.29) is 21.9 Å². The molecule has 1 unspecified atom stereocenters. The van der Waals surface area contributed by atoms with Crippen molar-refractivity contribution >= 4 is 24.3 Å². The van der Waals surface area contributed by atoms with Gasteiger partial charge in [-0.1, -0.05) is 0 Å². The Hall–Kier alpha value is -1.29. The van der Waals surface area contributed by atoms with Crippen molar-refractivity contribution in [1.29, 1.82) is 0 Å². The second-order valence-corrected chi connectivity index (χ2v) is 25.1. The van der Waals surface area contributed by atoms with E-state index < -0.39 is 18.4 Å². The zero-order valence-electron chi connectivity index (χ0n) is 19.7. The minimum absolute atomic E-state index is 0.0946. The van der Waals surface area contributed by atoms with E-state index in [9.17, 15) is 4.79 Å². The summed E-state index contributed by atoms with van der Waals surface area (Å²) in [6, 6.07) is 14.7. The van der Waals surface area contributed by atoms with E-state index >= 15 is 0 Å². The fraction of sp³-hybridized carbons (Fsp3) is 0.500. The zero-order valence-corrected chi connectivity index (χ0v) is 22.5. The normalized spacial score (nSPS) is 13.2. The van der Waals surface area contributed by atoms with Gasteiger partial charge in [0, 0.05) is 0 Å². The molecular weight excluding hydrogens is 463 g/mol. The fourth-order valence-electron chi connectivity index (χ4n) is 3.73. The van der Waals surface area contributed by atoms with Crippen molar-refractivity contribution in [1.82, 2.24) is 0 Å². The van der Waals surface area contributed by atoms with Crippen molar-refractivity contribution in [2.45, 2.75) is 78.2 Å². The summed E-state index contributed by atoms with van der Waals surface area (Å²) in [5.74, 6) is 0.801. The van der Waals surface area contributed by atoms with Gasteiger partial charge >= 0.3 is 182 Å². The Balaban J connectivity index is 2.58. The molecule has 0 bridgehead atoms. The van der Waals surface area contributed by atoms with Gasteiger partial charge in [-0.2, -0.15) is 0 Å². The number of carbonyl (C=O) groups excluding carboxylic acids is 1. The number of benzene rings is 2. The molecule has 0 N–H and O–H groups in total. The molecule has 0 amide bonds. The summed E-state index contributed by atoms with van der Waals surface area (Å²) in [7, 11) is 0. The number of esters is 1. The van der Waals surface area contributed by atoms with Crippen LogP contribution in [-0.2, 0) is 4.74 Å². The maximum absolute atomic E-state index is 13.6. The van der Waals surface area contributed by atoms with E-state index in [1.807, 2.05) is 18.2 Å². The van der Waals surface area contributed by atoms with Gasteiger partial charge in [-0.05, 0) is 0 Å². The van der Waals surface area contributed by atoms with Gasteiger partial charge in [-0.3, -0.25) is 0 Å². The summed E-state index contributed by atoms with van der Waals surface area (Å²) < 4.78 is 6.23. The van der Waals surface area contributed by atoms with Gasteiger partial charge in [0.2, 0.25) is 0 Å². The van der Waals surface area contributed by atoms with Gasteiger partial charge in [-0.15, -0.1) is 0 Å². The molecule has 0 aliphatic heterocycles. The molecule has 0 radical (unpaired) electrons. The third-order valence-electron chi connectivity index (χ3n) is 5.45. The Labute approximate surface area is 181 Å². The number of ether oxygens (including phenoxy) is 1. The third-order valence-corrected chi connectivity index (χ3v) is 11.2. The van der Waals surface area contributed by atoms with E-state index in [0.29, 0.717) is 5.92 Å². The molecular formula is C26H38O2Sn. The first-order valence-electron chi connectivity index (χ1n) is 10.9. The number of rotatable bonds is 7. The van der Waals surface area contributed by atoms with E-state index in [0.717, 1.165) is 22.3 Å². The summed E-state index contributed by atoms with van der Waals surface area (Å²) in [4.78, 5) is 20.6. The van der Waals surface area contributed by atoms with Crippen molar-refractivity contribution in [2.75, 3.05) is 0 Å². The van der Waals surface area contributed by atoms with Gasteiger partial charge in [0.05, 0.1) is 0 Å². The minimum atomic E-state index is -2.59. The van der Waals surface area contributed by atoms with Crippen LogP contribution in [0.4, 0.5) is 0 Å². The summed E-state index contributed by atoms with van der Waals surface area (Å²) in [5.41, 5.74) is 5.43. The maximum atomic E-state index is 13.6. The Morgan fingerprint density at radius 3 is 1.62 bits per heavy atom. The van der Waals surface area contributed by atoms with Crippen molar-refractivity contribution in [3.05, 3.63) is 70.3 Å². The topological polar surface area (TPSA) is 26.3 Å². The van der Waals surface area contributed by atoms with Crippen LogP contribution in [0.1, 0.15) is 96.0 Å². The molecule has 2 rings (SSSR count). The average molecular weight is 501 g/mol. The van der Waals surface area contributed by atoms with Crippen LogP contribution in [0.5, 0.6) is 0 Å². The number of hydrogen-bond donors (Lipinski definition) is 0. The van der Waals surface area contributed by atoms with Gasteiger partial charge in [0.25, 0.3) is 0 Å². The first-order chi connectivity index (χ1) is 13.4. The molecule has 2 nitrogen and oxygen atoms in total. The molecule has 1 atom stereocenters. The van der Waals surface area contributed by atoms with Crippen LogP contribution in [-0.4, -0.2) is 24.3 Å². The molecule has 29 heavy (non-hydrogen) atoms. The number of hydrogen-bond acceptors (Lipinski definition) is 2. The molecule has 0 saturated carbocycles. The Morgan fingerprint density at radius 2 is 1.24 bits per heavy atom. The summed E-state index contributed by atoms with van der Waals surface area (Å²) in [6.07, 6.45) is 0. The molecule has 0 spiro atoms. The molecule has 0 aliphatic rings. The van der Waals surface area contributed by atoms with Crippen LogP contribution in [0.25, 0.3) is 0 Å². The third kappa shape index (κ3) is 5.87. The summed E-state index contributed by atoms with van der Waals surface area (Å²) >= 11 is -2.59. The second-order valence-electron chi connectivity index (χ2n) is 10.1. The van der Waals surface area contributed by atoms with Crippen LogP contribution >= 0.6 is 0 Å². The first kappa shape index (κ1) is 24.0. The van der Waals surface area contributed by atoms with Gasteiger partial charge in [0.15, 0.2) is 0 Å². The van der Waals surface area contributed by atoms with E-state index in [1.165, 1.54) is 5.56 Å². The predicted molar refractivity (Wildman–Crippen MR) is 127 cm³/mol. The van der Waals surface area contributed by atoms with Gasteiger partial charge < -0.3 is 0 Å². The molecule has 0 saturated heterocycles. The second kappa shape index (κ2) is 9.68. The molecule has 3 heteroatoms. The molecule has 0 fully saturated rings. The monoisotopic (exact) mass is 502 g/mol. The van der Waals surface area contributed by atoms with Crippen molar-refractivity contribution in [3.8, 4) is 0 Å². The number of carbonyl (C=O) groups is 1. The predicted octanol–water partition coefficient (Wildman–Crippen LogP) is 7.83. The summed E-state index contributed by atoms with van der Waals surface area (Å²) in [5, 5.41) is 0. The molecule has 2 aromatic carbocycles. The van der Waals surface area contributed by atoms with Crippen molar-refractivity contribution in [3.63, 3.8) is 0 Å². The fourth-order valence-corrected chi connectivity index (χ4v) is 8.45. The Morgan fingerprint density at radius 1 is 0.759 bits per heavy atom. The first-order valence-corrected chi connectivity index (χ1v) is 21.1. The average Bonchev–Trinajstić information content (AvgIpc) is 2.64. The Bertz CT molecular complexity index is 801. The van der Waals surface area contributed by atoms with Crippen molar-refractivity contribution in [2.24, 2.45) is 0 Å². The van der Waals surface area contributed by atoms with Crippen LogP contribution in [0.3, 0.4) is 0 Å². The van der Waals surface area contributed by atoms with Crippen LogP contribution in [0.15, 0.2) is 42.5 Å². The van der Waals surface area contributed by atoms with E-state index in [1.54, 1.807) is 0 Å². The van der Waals surface area contributed by atoms with E-state index in [2.05, 4.69) is 80.6 Å². The van der Waals surface area contributed by atoms with E-state index in [4.69, 9.17) is 4.74 Å². The SMILES string of the molecule is CC(C)c1cc(C(C)C)c(C(=O)O[CH](c2ccccc2)[Sn]([CH3])([CH3])[CH3])c(C(C)C)c1. The van der Waals surface area contributed by atoms with Crippen LogP contribution in [0, 0.1) is 0 Å². The van der Waals surface area contributed by atoms with Crippen LogP contribution < -0.4 is 0 Å². The quantitative estimate of drug-likeness (QED) is 0.286. The zero-order chi connectivity index (χ0) is 21.9. The molecule has 0 aromatic heterocycles. The molecule has 0 aliphatic carbocycles. The molecule has 158 valence electrons. The summed E-state index contributed by atoms with van der Waals surface area (Å²) in [6.45, 7) is 13.1. The van der Waals surface area contributed by atoms with Gasteiger partial charge in [0.1, 0.15) is 0 Å². The Kier molecular flexibility index (Phi) is 8.00. The van der Waals surface area contributed by atoms with Crippen molar-refractivity contribution < 1.29 is 9.53 Å². The van der Waals surface area contributed by atoms with Gasteiger partial charge in [-0.25, -0.2) is 0 Å².